The van der Waals surface area contributed by atoms with E-state index in [1.165, 1.54) is 7.11 Å². The summed E-state index contributed by atoms with van der Waals surface area (Å²) in [6.07, 6.45) is 6.00. The molecule has 0 unspecified atom stereocenters. The van der Waals surface area contributed by atoms with E-state index in [1.807, 2.05) is 0 Å². The molecule has 3 N–H and O–H groups in total. The first-order chi connectivity index (χ1) is 17.1. The van der Waals surface area contributed by atoms with Crippen LogP contribution in [-0.2, 0) is 14.3 Å². The molecule has 4 fully saturated rings. The van der Waals surface area contributed by atoms with Gasteiger partial charge in [-0.2, -0.15) is 0 Å². The second-order valence-electron chi connectivity index (χ2n) is 12.6. The SMILES string of the molecule is COC(=O)CC[C@@H](C)[C@H]1CC[C@H]2[C@@H]3[C@H](O)C[C@@H]4C[C@H](OC(=O)NCCBr)CC[C@]4(C)[C@H]3C[C@H](O)[C@]12C. The van der Waals surface area contributed by atoms with Crippen LogP contribution in [0.25, 0.3) is 0 Å². The van der Waals surface area contributed by atoms with Crippen molar-refractivity contribution in [3.63, 3.8) is 0 Å². The summed E-state index contributed by atoms with van der Waals surface area (Å²) in [5.74, 6) is 1.51. The van der Waals surface area contributed by atoms with Crippen LogP contribution in [0.2, 0.25) is 0 Å². The summed E-state index contributed by atoms with van der Waals surface area (Å²) in [7, 11) is 1.43. The number of hydrogen-bond donors (Lipinski definition) is 3. The fourth-order valence-electron chi connectivity index (χ4n) is 9.21. The van der Waals surface area contributed by atoms with Gasteiger partial charge in [-0.3, -0.25) is 4.79 Å². The van der Waals surface area contributed by atoms with Gasteiger partial charge in [-0.15, -0.1) is 0 Å². The van der Waals surface area contributed by atoms with Crippen LogP contribution in [0.3, 0.4) is 0 Å². The van der Waals surface area contributed by atoms with Crippen LogP contribution < -0.4 is 5.32 Å². The number of hydrogen-bond acceptors (Lipinski definition) is 6. The van der Waals surface area contributed by atoms with Crippen LogP contribution in [0.1, 0.15) is 78.6 Å². The summed E-state index contributed by atoms with van der Waals surface area (Å²) in [5, 5.41) is 26.7. The van der Waals surface area contributed by atoms with E-state index < -0.39 is 12.2 Å². The number of fused-ring (bicyclic) bond motifs is 5. The van der Waals surface area contributed by atoms with Crippen molar-refractivity contribution >= 4 is 28.0 Å². The molecule has 0 aromatic heterocycles. The Balaban J connectivity index is 1.48. The minimum Gasteiger partial charge on any atom is -0.469 e. The van der Waals surface area contributed by atoms with E-state index in [1.54, 1.807) is 0 Å². The number of rotatable bonds is 7. The molecule has 4 aliphatic carbocycles. The lowest BCUT2D eigenvalue weighted by Crippen LogP contribution is -2.62. The van der Waals surface area contributed by atoms with Crippen molar-refractivity contribution in [3.05, 3.63) is 0 Å². The fraction of sp³-hybridized carbons (Fsp3) is 0.929. The zero-order valence-corrected chi connectivity index (χ0v) is 24.0. The Morgan fingerprint density at radius 1 is 1.11 bits per heavy atom. The molecule has 4 aliphatic rings. The van der Waals surface area contributed by atoms with Crippen LogP contribution in [0.5, 0.6) is 0 Å². The van der Waals surface area contributed by atoms with Gasteiger partial charge >= 0.3 is 12.1 Å². The average Bonchev–Trinajstić information content (AvgIpc) is 3.21. The minimum atomic E-state index is -0.413. The Labute approximate surface area is 224 Å². The highest BCUT2D eigenvalue weighted by atomic mass is 79.9. The Bertz CT molecular complexity index is 811. The topological polar surface area (TPSA) is 105 Å². The normalized spacial score (nSPS) is 44.5. The van der Waals surface area contributed by atoms with Crippen molar-refractivity contribution in [3.8, 4) is 0 Å². The third-order valence-electron chi connectivity index (χ3n) is 11.2. The van der Waals surface area contributed by atoms with Gasteiger partial charge in [0.25, 0.3) is 0 Å². The molecule has 0 radical (unpaired) electrons. The van der Waals surface area contributed by atoms with Gasteiger partial charge in [0, 0.05) is 18.3 Å². The van der Waals surface area contributed by atoms with Crippen molar-refractivity contribution in [2.45, 2.75) is 96.9 Å². The number of methoxy groups -OCH3 is 1. The summed E-state index contributed by atoms with van der Waals surface area (Å²) < 4.78 is 10.6. The van der Waals surface area contributed by atoms with Crippen LogP contribution in [0.4, 0.5) is 4.79 Å². The summed E-state index contributed by atoms with van der Waals surface area (Å²) in [4.78, 5) is 23.9. The van der Waals surface area contributed by atoms with E-state index in [9.17, 15) is 19.8 Å². The quantitative estimate of drug-likeness (QED) is 0.303. The van der Waals surface area contributed by atoms with Crippen LogP contribution >= 0.6 is 15.9 Å². The molecular formula is C28H46BrNO6. The molecule has 0 aromatic rings. The Hall–Kier alpha value is -0.860. The second kappa shape index (κ2) is 11.1. The zero-order chi connectivity index (χ0) is 26.3. The number of alkyl halides is 1. The fourth-order valence-corrected chi connectivity index (χ4v) is 9.41. The molecule has 0 heterocycles. The van der Waals surface area contributed by atoms with Crippen molar-refractivity contribution in [1.29, 1.82) is 0 Å². The monoisotopic (exact) mass is 571 g/mol. The van der Waals surface area contributed by atoms with Crippen LogP contribution in [0, 0.1) is 46.3 Å². The standard InChI is InChI=1S/C28H46BrNO6/c1-16(5-8-24(33)35-4)19-6-7-20-25-21(15-23(32)28(19,20)3)27(2)10-9-18(13-17(27)14-22(25)31)36-26(34)30-12-11-29/h16-23,25,31-32H,5-15H2,1-4H3,(H,30,34)/t16-,17+,18-,19-,20+,21+,22-,23+,25+,27+,28-/m1/s1. The molecule has 0 aliphatic heterocycles. The highest BCUT2D eigenvalue weighted by Crippen LogP contribution is 2.68. The lowest BCUT2D eigenvalue weighted by Gasteiger charge is -2.63. The highest BCUT2D eigenvalue weighted by Gasteiger charge is 2.65. The average molecular weight is 573 g/mol. The second-order valence-corrected chi connectivity index (χ2v) is 13.4. The molecule has 36 heavy (non-hydrogen) atoms. The largest absolute Gasteiger partial charge is 0.469 e. The lowest BCUT2D eigenvalue weighted by atomic mass is 9.43. The first kappa shape index (κ1) is 28.2. The van der Waals surface area contributed by atoms with Crippen molar-refractivity contribution in [2.24, 2.45) is 46.3 Å². The predicted octanol–water partition coefficient (Wildman–Crippen LogP) is 4.67. The van der Waals surface area contributed by atoms with E-state index >= 15 is 0 Å². The first-order valence-corrected chi connectivity index (χ1v) is 15.1. The van der Waals surface area contributed by atoms with Gasteiger partial charge in [0.05, 0.1) is 19.3 Å². The number of ether oxygens (including phenoxy) is 2. The van der Waals surface area contributed by atoms with Crippen molar-refractivity contribution in [2.75, 3.05) is 19.0 Å². The van der Waals surface area contributed by atoms with E-state index in [0.29, 0.717) is 30.1 Å². The third kappa shape index (κ3) is 4.95. The van der Waals surface area contributed by atoms with Gasteiger partial charge in [0.15, 0.2) is 0 Å². The van der Waals surface area contributed by atoms with Gasteiger partial charge in [-0.1, -0.05) is 36.7 Å². The summed E-state index contributed by atoms with van der Waals surface area (Å²) in [6, 6.07) is 0. The number of alkyl carbamates (subject to hydrolysis) is 1. The number of aliphatic hydroxyl groups excluding tert-OH is 2. The third-order valence-corrected chi connectivity index (χ3v) is 11.6. The molecule has 4 rings (SSSR count). The number of halogens is 1. The number of carbonyl (C=O) groups is 2. The van der Waals surface area contributed by atoms with E-state index in [0.717, 1.165) is 51.4 Å². The molecule has 206 valence electrons. The van der Waals surface area contributed by atoms with Gasteiger partial charge in [-0.05, 0) is 97.7 Å². The summed E-state index contributed by atoms with van der Waals surface area (Å²) in [5.41, 5.74) is -0.207. The number of aliphatic hydroxyl groups is 2. The van der Waals surface area contributed by atoms with Gasteiger partial charge in [0.2, 0.25) is 0 Å². The summed E-state index contributed by atoms with van der Waals surface area (Å²) >= 11 is 3.31. The number of esters is 1. The number of nitrogens with one attached hydrogen (secondary N) is 1. The first-order valence-electron chi connectivity index (χ1n) is 14.0. The van der Waals surface area contributed by atoms with E-state index in [2.05, 4.69) is 42.0 Å². The molecule has 8 heteroatoms. The van der Waals surface area contributed by atoms with E-state index in [-0.39, 0.29) is 52.7 Å². The number of carbonyl (C=O) groups excluding carboxylic acids is 2. The number of amides is 1. The predicted molar refractivity (Wildman–Crippen MR) is 140 cm³/mol. The van der Waals surface area contributed by atoms with Gasteiger partial charge in [0.1, 0.15) is 6.10 Å². The summed E-state index contributed by atoms with van der Waals surface area (Å²) in [6.45, 7) is 7.37. The molecule has 0 bridgehead atoms. The maximum Gasteiger partial charge on any atom is 0.407 e. The molecular weight excluding hydrogens is 526 g/mol. The molecule has 7 nitrogen and oxygen atoms in total. The lowest BCUT2D eigenvalue weighted by molar-refractivity contribution is -0.207. The Morgan fingerprint density at radius 2 is 1.86 bits per heavy atom. The maximum absolute atomic E-state index is 12.1. The highest BCUT2D eigenvalue weighted by molar-refractivity contribution is 9.09. The zero-order valence-electron chi connectivity index (χ0n) is 22.4. The minimum absolute atomic E-state index is 0.0347. The Morgan fingerprint density at radius 3 is 2.56 bits per heavy atom. The molecule has 0 saturated heterocycles. The van der Waals surface area contributed by atoms with Crippen LogP contribution in [-0.4, -0.2) is 59.6 Å². The van der Waals surface area contributed by atoms with Crippen molar-refractivity contribution in [1.82, 2.24) is 5.32 Å². The Kier molecular flexibility index (Phi) is 8.68. The molecule has 4 saturated carbocycles. The molecule has 1 amide bonds. The smallest absolute Gasteiger partial charge is 0.407 e. The van der Waals surface area contributed by atoms with Crippen molar-refractivity contribution < 1.29 is 29.3 Å². The van der Waals surface area contributed by atoms with Crippen LogP contribution in [0.15, 0.2) is 0 Å². The molecule has 11 atom stereocenters. The van der Waals surface area contributed by atoms with Gasteiger partial charge < -0.3 is 25.0 Å². The molecule has 0 aromatic carbocycles. The van der Waals surface area contributed by atoms with E-state index in [4.69, 9.17) is 9.47 Å². The maximum atomic E-state index is 12.1. The molecule has 0 spiro atoms. The van der Waals surface area contributed by atoms with Gasteiger partial charge in [-0.25, -0.2) is 4.79 Å².